The third-order valence-corrected chi connectivity index (χ3v) is 4.46. The van der Waals surface area contributed by atoms with Crippen molar-refractivity contribution < 1.29 is 4.74 Å². The highest BCUT2D eigenvalue weighted by atomic mass is 16.5. The summed E-state index contributed by atoms with van der Waals surface area (Å²) < 4.78 is 7.55. The summed E-state index contributed by atoms with van der Waals surface area (Å²) >= 11 is 0. The Bertz CT molecular complexity index is 848. The minimum absolute atomic E-state index is 0.756. The summed E-state index contributed by atoms with van der Waals surface area (Å²) in [5.74, 6) is 1.01. The molecule has 3 aromatic rings. The molecule has 1 saturated heterocycles. The maximum absolute atomic E-state index is 5.48. The number of fused-ring (bicyclic) bond motifs is 1. The van der Waals surface area contributed by atoms with Crippen LogP contribution in [0.15, 0.2) is 61.2 Å². The molecule has 4 nitrogen and oxygen atoms in total. The van der Waals surface area contributed by atoms with E-state index in [4.69, 9.17) is 9.84 Å². The van der Waals surface area contributed by atoms with E-state index in [9.17, 15) is 0 Å². The number of morpholine rings is 1. The van der Waals surface area contributed by atoms with Crippen LogP contribution in [0.1, 0.15) is 5.69 Å². The van der Waals surface area contributed by atoms with Gasteiger partial charge in [0, 0.05) is 30.8 Å². The fraction of sp³-hybridized carbons (Fsp3) is 0.250. The van der Waals surface area contributed by atoms with Crippen LogP contribution in [0.4, 0.5) is 5.82 Å². The monoisotopic (exact) mass is 319 g/mol. The molecule has 0 N–H and O–H groups in total. The van der Waals surface area contributed by atoms with E-state index in [1.54, 1.807) is 0 Å². The molecule has 122 valence electrons. The summed E-state index contributed by atoms with van der Waals surface area (Å²) in [7, 11) is 0. The van der Waals surface area contributed by atoms with Crippen molar-refractivity contribution in [2.45, 2.75) is 6.42 Å². The number of allylic oxidation sites excluding steroid dienone is 1. The summed E-state index contributed by atoms with van der Waals surface area (Å²) in [5.41, 5.74) is 4.72. The fourth-order valence-corrected chi connectivity index (χ4v) is 3.23. The number of ether oxygens (including phenoxy) is 1. The second-order valence-corrected chi connectivity index (χ2v) is 6.00. The molecule has 2 aromatic heterocycles. The van der Waals surface area contributed by atoms with Crippen molar-refractivity contribution in [2.75, 3.05) is 31.2 Å². The molecule has 1 aliphatic heterocycles. The minimum atomic E-state index is 0.756. The zero-order valence-corrected chi connectivity index (χ0v) is 13.7. The number of rotatable bonds is 4. The van der Waals surface area contributed by atoms with E-state index in [-0.39, 0.29) is 0 Å². The first-order chi connectivity index (χ1) is 11.9. The van der Waals surface area contributed by atoms with Crippen molar-refractivity contribution in [1.29, 1.82) is 0 Å². The third-order valence-electron chi connectivity index (χ3n) is 4.46. The first-order valence-corrected chi connectivity index (χ1v) is 8.37. The fourth-order valence-electron chi connectivity index (χ4n) is 3.23. The van der Waals surface area contributed by atoms with Gasteiger partial charge in [0.1, 0.15) is 5.82 Å². The molecule has 1 fully saturated rings. The van der Waals surface area contributed by atoms with Gasteiger partial charge in [-0.15, -0.1) is 6.58 Å². The molecule has 0 saturated carbocycles. The number of hydrogen-bond acceptors (Lipinski definition) is 3. The van der Waals surface area contributed by atoms with Crippen LogP contribution in [-0.4, -0.2) is 35.9 Å². The van der Waals surface area contributed by atoms with Gasteiger partial charge >= 0.3 is 0 Å². The number of nitrogens with zero attached hydrogens (tertiary/aromatic N) is 3. The Morgan fingerprint density at radius 2 is 1.88 bits per heavy atom. The Hall–Kier alpha value is -2.59. The van der Waals surface area contributed by atoms with Crippen molar-refractivity contribution in [3.63, 3.8) is 0 Å². The van der Waals surface area contributed by atoms with Crippen LogP contribution in [0.25, 0.3) is 16.6 Å². The van der Waals surface area contributed by atoms with E-state index in [2.05, 4.69) is 58.5 Å². The van der Waals surface area contributed by atoms with Gasteiger partial charge in [-0.2, -0.15) is 5.10 Å². The number of hydrogen-bond donors (Lipinski definition) is 0. The van der Waals surface area contributed by atoms with Gasteiger partial charge in [0.25, 0.3) is 0 Å². The van der Waals surface area contributed by atoms with Gasteiger partial charge in [0.15, 0.2) is 0 Å². The molecule has 4 rings (SSSR count). The normalized spacial score (nSPS) is 14.9. The molecule has 0 unspecified atom stereocenters. The van der Waals surface area contributed by atoms with E-state index in [0.29, 0.717) is 0 Å². The van der Waals surface area contributed by atoms with Crippen LogP contribution in [0.2, 0.25) is 0 Å². The predicted molar refractivity (Wildman–Crippen MR) is 97.6 cm³/mol. The maximum atomic E-state index is 5.48. The lowest BCUT2D eigenvalue weighted by molar-refractivity contribution is 0.122. The van der Waals surface area contributed by atoms with Gasteiger partial charge in [-0.25, -0.2) is 4.52 Å². The molecule has 3 heterocycles. The summed E-state index contributed by atoms with van der Waals surface area (Å²) in [6, 6.07) is 17.0. The first-order valence-electron chi connectivity index (χ1n) is 8.37. The van der Waals surface area contributed by atoms with Crippen molar-refractivity contribution in [3.8, 4) is 11.1 Å². The minimum Gasteiger partial charge on any atom is -0.378 e. The van der Waals surface area contributed by atoms with Crippen LogP contribution in [0.3, 0.4) is 0 Å². The topological polar surface area (TPSA) is 29.8 Å². The van der Waals surface area contributed by atoms with Gasteiger partial charge in [-0.05, 0) is 23.8 Å². The molecule has 24 heavy (non-hydrogen) atoms. The zero-order valence-electron chi connectivity index (χ0n) is 13.7. The molecular formula is C20H21N3O. The number of benzene rings is 1. The molecule has 0 amide bonds. The lowest BCUT2D eigenvalue weighted by Gasteiger charge is -2.28. The van der Waals surface area contributed by atoms with E-state index in [1.807, 2.05) is 12.1 Å². The molecule has 1 aliphatic rings. The second kappa shape index (κ2) is 6.49. The summed E-state index contributed by atoms with van der Waals surface area (Å²) in [5, 5.41) is 4.90. The Morgan fingerprint density at radius 1 is 1.08 bits per heavy atom. The second-order valence-electron chi connectivity index (χ2n) is 6.00. The Labute approximate surface area is 142 Å². The zero-order chi connectivity index (χ0) is 16.4. The van der Waals surface area contributed by atoms with E-state index >= 15 is 0 Å². The molecule has 1 aromatic carbocycles. The summed E-state index contributed by atoms with van der Waals surface area (Å²) in [6.45, 7) is 7.14. The molecule has 0 radical (unpaired) electrons. The first kappa shape index (κ1) is 15.0. The van der Waals surface area contributed by atoms with E-state index < -0.39 is 0 Å². The van der Waals surface area contributed by atoms with Gasteiger partial charge < -0.3 is 9.64 Å². The van der Waals surface area contributed by atoms with Gasteiger partial charge in [0.05, 0.1) is 18.7 Å². The molecule has 0 spiro atoms. The van der Waals surface area contributed by atoms with Gasteiger partial charge in [-0.3, -0.25) is 0 Å². The van der Waals surface area contributed by atoms with Crippen LogP contribution >= 0.6 is 0 Å². The summed E-state index contributed by atoms with van der Waals surface area (Å²) in [6.07, 6.45) is 2.73. The van der Waals surface area contributed by atoms with Crippen molar-refractivity contribution in [1.82, 2.24) is 9.61 Å². The van der Waals surface area contributed by atoms with Crippen LogP contribution in [-0.2, 0) is 11.2 Å². The lowest BCUT2D eigenvalue weighted by Crippen LogP contribution is -2.37. The largest absolute Gasteiger partial charge is 0.378 e. The van der Waals surface area contributed by atoms with Crippen molar-refractivity contribution >= 4 is 11.3 Å². The maximum Gasteiger partial charge on any atom is 0.150 e. The lowest BCUT2D eigenvalue weighted by atomic mass is 10.1. The van der Waals surface area contributed by atoms with E-state index in [1.165, 1.54) is 11.1 Å². The standard InChI is InChI=1S/C20H21N3O/c1-2-6-17-9-10-19-18(16-7-4-3-5-8-16)15-20(21-23(17)19)22-11-13-24-14-12-22/h2-5,7-10,15H,1,6,11-14H2. The Morgan fingerprint density at radius 3 is 2.62 bits per heavy atom. The predicted octanol–water partition coefficient (Wildman–Crippen LogP) is 3.57. The number of anilines is 1. The highest BCUT2D eigenvalue weighted by molar-refractivity contribution is 5.82. The summed E-state index contributed by atoms with van der Waals surface area (Å²) in [4.78, 5) is 2.30. The number of aromatic nitrogens is 2. The average Bonchev–Trinajstić information content (AvgIpc) is 3.06. The van der Waals surface area contributed by atoms with Crippen molar-refractivity contribution in [2.24, 2.45) is 0 Å². The molecule has 0 bridgehead atoms. The molecule has 0 atom stereocenters. The Kier molecular flexibility index (Phi) is 4.05. The molecule has 0 aliphatic carbocycles. The van der Waals surface area contributed by atoms with Gasteiger partial charge in [-0.1, -0.05) is 36.4 Å². The Balaban J connectivity index is 1.90. The van der Waals surface area contributed by atoms with Crippen molar-refractivity contribution in [3.05, 3.63) is 66.9 Å². The SMILES string of the molecule is C=CCc1ccc2c(-c3ccccc3)cc(N3CCOCC3)nn12. The quantitative estimate of drug-likeness (QED) is 0.689. The van der Waals surface area contributed by atoms with Crippen LogP contribution in [0, 0.1) is 0 Å². The highest BCUT2D eigenvalue weighted by Crippen LogP contribution is 2.29. The smallest absolute Gasteiger partial charge is 0.150 e. The van der Waals surface area contributed by atoms with E-state index in [0.717, 1.165) is 49.8 Å². The highest BCUT2D eigenvalue weighted by Gasteiger charge is 2.17. The van der Waals surface area contributed by atoms with Crippen LogP contribution in [0.5, 0.6) is 0 Å². The van der Waals surface area contributed by atoms with Crippen LogP contribution < -0.4 is 4.90 Å². The molecular weight excluding hydrogens is 298 g/mol. The third kappa shape index (κ3) is 2.69. The average molecular weight is 319 g/mol. The van der Waals surface area contributed by atoms with Gasteiger partial charge in [0.2, 0.25) is 0 Å². The molecule has 4 heteroatoms.